The van der Waals surface area contributed by atoms with Gasteiger partial charge < -0.3 is 19.7 Å². The Morgan fingerprint density at radius 1 is 1.06 bits per heavy atom. The van der Waals surface area contributed by atoms with Crippen LogP contribution in [0.5, 0.6) is 11.5 Å². The molecule has 1 aromatic carbocycles. The zero-order chi connectivity index (χ0) is 22.9. The molecule has 8 heteroatoms. The van der Waals surface area contributed by atoms with Crippen LogP contribution in [0.1, 0.15) is 51.4 Å². The number of nitrogens with one attached hydrogen (secondary N) is 1. The van der Waals surface area contributed by atoms with E-state index < -0.39 is 6.04 Å². The summed E-state index contributed by atoms with van der Waals surface area (Å²) in [6.07, 6.45) is 8.65. The molecule has 1 atom stereocenters. The van der Waals surface area contributed by atoms with Crippen LogP contribution in [0.15, 0.2) is 23.6 Å². The van der Waals surface area contributed by atoms with Crippen molar-refractivity contribution in [2.45, 2.75) is 57.4 Å². The summed E-state index contributed by atoms with van der Waals surface area (Å²) < 4.78 is 10.8. The van der Waals surface area contributed by atoms with E-state index in [4.69, 9.17) is 9.47 Å². The molecule has 5 fully saturated rings. The minimum Gasteiger partial charge on any atom is -0.454 e. The molecule has 178 valence electrons. The highest BCUT2D eigenvalue weighted by molar-refractivity contribution is 7.14. The van der Waals surface area contributed by atoms with Gasteiger partial charge in [-0.25, -0.2) is 4.98 Å². The summed E-state index contributed by atoms with van der Waals surface area (Å²) in [6.45, 7) is 0.927. The highest BCUT2D eigenvalue weighted by Crippen LogP contribution is 2.60. The van der Waals surface area contributed by atoms with Crippen molar-refractivity contribution in [1.29, 1.82) is 0 Å². The zero-order valence-corrected chi connectivity index (χ0v) is 19.9. The third kappa shape index (κ3) is 3.33. The van der Waals surface area contributed by atoms with E-state index in [1.54, 1.807) is 0 Å². The van der Waals surface area contributed by atoms with Crippen molar-refractivity contribution in [3.63, 3.8) is 0 Å². The molecule has 4 aliphatic carbocycles. The van der Waals surface area contributed by atoms with Gasteiger partial charge in [-0.3, -0.25) is 9.59 Å². The number of hydrogen-bond acceptors (Lipinski definition) is 6. The number of rotatable bonds is 4. The fourth-order valence-corrected chi connectivity index (χ4v) is 8.39. The minimum absolute atomic E-state index is 0.109. The van der Waals surface area contributed by atoms with E-state index in [0.29, 0.717) is 17.4 Å². The molecule has 8 rings (SSSR count). The highest BCUT2D eigenvalue weighted by Gasteiger charge is 2.56. The van der Waals surface area contributed by atoms with Gasteiger partial charge in [-0.15, -0.1) is 11.3 Å². The fraction of sp³-hybridized carbons (Fsp3) is 0.577. The van der Waals surface area contributed by atoms with Crippen LogP contribution >= 0.6 is 11.3 Å². The first-order valence-electron chi connectivity index (χ1n) is 12.5. The van der Waals surface area contributed by atoms with E-state index >= 15 is 0 Å². The van der Waals surface area contributed by atoms with Gasteiger partial charge in [0.05, 0.1) is 11.1 Å². The third-order valence-corrected chi connectivity index (χ3v) is 9.47. The number of likely N-dealkylation sites (tertiary alicyclic amines) is 1. The fourth-order valence-electron chi connectivity index (χ4n) is 7.67. The highest BCUT2D eigenvalue weighted by atomic mass is 32.1. The molecule has 3 heterocycles. The predicted octanol–water partition coefficient (Wildman–Crippen LogP) is 4.68. The van der Waals surface area contributed by atoms with Gasteiger partial charge in [0, 0.05) is 17.5 Å². The average molecular weight is 480 g/mol. The number of carbonyl (C=O) groups excluding carboxylic acids is 2. The van der Waals surface area contributed by atoms with Crippen molar-refractivity contribution < 1.29 is 19.1 Å². The summed E-state index contributed by atoms with van der Waals surface area (Å²) in [5.41, 5.74) is 1.50. The van der Waals surface area contributed by atoms with E-state index in [9.17, 15) is 9.59 Å². The number of benzene rings is 1. The topological polar surface area (TPSA) is 80.8 Å². The number of hydrogen-bond donors (Lipinski definition) is 1. The van der Waals surface area contributed by atoms with Crippen LogP contribution in [-0.4, -0.2) is 41.1 Å². The largest absolute Gasteiger partial charge is 0.454 e. The summed E-state index contributed by atoms with van der Waals surface area (Å²) in [5, 5.41) is 5.50. The number of aromatic nitrogens is 1. The molecule has 2 amide bonds. The van der Waals surface area contributed by atoms with Crippen molar-refractivity contribution in [1.82, 2.24) is 9.88 Å². The number of amides is 2. The number of nitrogens with zero attached hydrogens (tertiary/aromatic N) is 2. The molecule has 1 N–H and O–H groups in total. The second kappa shape index (κ2) is 7.70. The van der Waals surface area contributed by atoms with Crippen LogP contribution in [0.4, 0.5) is 5.13 Å². The maximum Gasteiger partial charge on any atom is 0.248 e. The summed E-state index contributed by atoms with van der Waals surface area (Å²) in [7, 11) is 0. The van der Waals surface area contributed by atoms with Crippen molar-refractivity contribution in [2.75, 3.05) is 18.7 Å². The smallest absolute Gasteiger partial charge is 0.248 e. The standard InChI is InChI=1S/C26H29N3O4S/c30-23(28-25-27-19(13-34-25)18-3-4-21-22(9-18)33-14-32-21)20-2-1-5-29(20)24(31)26-10-15-6-16(11-26)8-17(7-15)12-26/h3-4,9,13,15-17,20H,1-2,5-8,10-12,14H2,(H,27,28,30). The van der Waals surface area contributed by atoms with Crippen LogP contribution in [0, 0.1) is 23.2 Å². The first-order valence-corrected chi connectivity index (χ1v) is 13.4. The SMILES string of the molecule is O=C(Nc1nc(-c2ccc3c(c2)OCO3)cs1)C1CCCN1C(=O)C12CC3CC(CC(C3)C1)C2. The molecular formula is C26H29N3O4S. The molecule has 1 saturated heterocycles. The Balaban J connectivity index is 1.06. The Morgan fingerprint density at radius 2 is 1.79 bits per heavy atom. The molecule has 2 aromatic rings. The molecular weight excluding hydrogens is 450 g/mol. The summed E-state index contributed by atoms with van der Waals surface area (Å²) in [4.78, 5) is 33.7. The zero-order valence-electron chi connectivity index (χ0n) is 19.1. The van der Waals surface area contributed by atoms with E-state index in [1.165, 1.54) is 30.6 Å². The first-order chi connectivity index (χ1) is 16.6. The second-order valence-corrected chi connectivity index (χ2v) is 11.8. The molecule has 34 heavy (non-hydrogen) atoms. The van der Waals surface area contributed by atoms with Crippen molar-refractivity contribution in [3.05, 3.63) is 23.6 Å². The number of anilines is 1. The van der Waals surface area contributed by atoms with Crippen LogP contribution in [-0.2, 0) is 9.59 Å². The van der Waals surface area contributed by atoms with E-state index in [0.717, 1.165) is 66.9 Å². The lowest BCUT2D eigenvalue weighted by Crippen LogP contribution is -2.56. The Labute approximate surface area is 202 Å². The number of fused-ring (bicyclic) bond motifs is 1. The molecule has 4 bridgehead atoms. The third-order valence-electron chi connectivity index (χ3n) is 8.71. The maximum absolute atomic E-state index is 13.9. The number of carbonyl (C=O) groups is 2. The lowest BCUT2D eigenvalue weighted by molar-refractivity contribution is -0.160. The minimum atomic E-state index is -0.390. The van der Waals surface area contributed by atoms with Gasteiger partial charge in [-0.2, -0.15) is 0 Å². The first kappa shape index (κ1) is 20.7. The van der Waals surface area contributed by atoms with Crippen LogP contribution < -0.4 is 14.8 Å². The molecule has 0 spiro atoms. The van der Waals surface area contributed by atoms with Gasteiger partial charge >= 0.3 is 0 Å². The number of ether oxygens (including phenoxy) is 2. The van der Waals surface area contributed by atoms with E-state index in [1.807, 2.05) is 28.5 Å². The molecule has 6 aliphatic rings. The second-order valence-electron chi connectivity index (χ2n) is 10.9. The summed E-state index contributed by atoms with van der Waals surface area (Å²) in [6, 6.07) is 5.34. The van der Waals surface area contributed by atoms with Gasteiger partial charge in [-0.1, -0.05) is 0 Å². The Kier molecular flexibility index (Phi) is 4.70. The van der Waals surface area contributed by atoms with Gasteiger partial charge in [-0.05, 0) is 87.3 Å². The molecule has 7 nitrogen and oxygen atoms in total. The normalized spacial score (nSPS) is 32.9. The van der Waals surface area contributed by atoms with Crippen LogP contribution in [0.3, 0.4) is 0 Å². The molecule has 2 aliphatic heterocycles. The Bertz CT molecular complexity index is 1130. The van der Waals surface area contributed by atoms with Crippen molar-refractivity contribution >= 4 is 28.3 Å². The predicted molar refractivity (Wildman–Crippen MR) is 128 cm³/mol. The van der Waals surface area contributed by atoms with Crippen molar-refractivity contribution in [2.24, 2.45) is 23.2 Å². The van der Waals surface area contributed by atoms with Crippen LogP contribution in [0.2, 0.25) is 0 Å². The van der Waals surface area contributed by atoms with Crippen LogP contribution in [0.25, 0.3) is 11.3 Å². The number of thiazole rings is 1. The molecule has 1 unspecified atom stereocenters. The van der Waals surface area contributed by atoms with E-state index in [-0.39, 0.29) is 24.0 Å². The average Bonchev–Trinajstić information content (AvgIpc) is 3.57. The summed E-state index contributed by atoms with van der Waals surface area (Å²) in [5.74, 6) is 3.74. The van der Waals surface area contributed by atoms with Crippen molar-refractivity contribution in [3.8, 4) is 22.8 Å². The molecule has 0 radical (unpaired) electrons. The summed E-state index contributed by atoms with van der Waals surface area (Å²) >= 11 is 1.40. The Hall–Kier alpha value is -2.61. The lowest BCUT2D eigenvalue weighted by Gasteiger charge is -2.56. The van der Waals surface area contributed by atoms with Gasteiger partial charge in [0.1, 0.15) is 6.04 Å². The monoisotopic (exact) mass is 479 g/mol. The van der Waals surface area contributed by atoms with Gasteiger partial charge in [0.2, 0.25) is 18.6 Å². The van der Waals surface area contributed by atoms with Gasteiger partial charge in [0.25, 0.3) is 0 Å². The molecule has 4 saturated carbocycles. The molecule has 1 aromatic heterocycles. The van der Waals surface area contributed by atoms with Gasteiger partial charge in [0.15, 0.2) is 16.6 Å². The van der Waals surface area contributed by atoms with E-state index in [2.05, 4.69) is 10.3 Å². The Morgan fingerprint density at radius 3 is 2.56 bits per heavy atom. The quantitative estimate of drug-likeness (QED) is 0.688. The maximum atomic E-state index is 13.9. The lowest BCUT2D eigenvalue weighted by atomic mass is 9.49.